The molecule has 0 unspecified atom stereocenters. The summed E-state index contributed by atoms with van der Waals surface area (Å²) in [5.41, 5.74) is 5.58. The van der Waals surface area contributed by atoms with Gasteiger partial charge in [0.05, 0.1) is 6.61 Å². The molecule has 0 heterocycles. The van der Waals surface area contributed by atoms with Crippen LogP contribution in [0.1, 0.15) is 29.2 Å². The van der Waals surface area contributed by atoms with Crippen LogP contribution in [0, 0.1) is 19.7 Å². The van der Waals surface area contributed by atoms with Gasteiger partial charge in [-0.2, -0.15) is 0 Å². The zero-order chi connectivity index (χ0) is 20.8. The lowest BCUT2D eigenvalue weighted by Crippen LogP contribution is -2.04. The van der Waals surface area contributed by atoms with Crippen molar-refractivity contribution in [3.63, 3.8) is 0 Å². The molecule has 0 spiro atoms. The molecule has 0 aliphatic carbocycles. The van der Waals surface area contributed by atoms with Gasteiger partial charge in [0, 0.05) is 16.7 Å². The minimum atomic E-state index is -0.257. The first-order valence-corrected chi connectivity index (χ1v) is 10.4. The van der Waals surface area contributed by atoms with Gasteiger partial charge in [0.1, 0.15) is 12.4 Å². The second kappa shape index (κ2) is 9.79. The molecule has 0 fully saturated rings. The molecule has 0 saturated heterocycles. The summed E-state index contributed by atoms with van der Waals surface area (Å²) in [6, 6.07) is 16.5. The summed E-state index contributed by atoms with van der Waals surface area (Å²) in [7, 11) is 0. The molecule has 0 radical (unpaired) electrons. The number of ether oxygens (including phenoxy) is 2. The first-order valence-electron chi connectivity index (χ1n) is 9.60. The molecule has 3 aromatic rings. The highest BCUT2D eigenvalue weighted by molar-refractivity contribution is 9.10. The quantitative estimate of drug-likeness (QED) is 0.403. The Morgan fingerprint density at radius 2 is 1.62 bits per heavy atom. The number of aryl methyl sites for hydroxylation is 2. The highest BCUT2D eigenvalue weighted by atomic mass is 79.9. The van der Waals surface area contributed by atoms with E-state index in [2.05, 4.69) is 53.3 Å². The van der Waals surface area contributed by atoms with Gasteiger partial charge in [0.25, 0.3) is 0 Å². The predicted molar refractivity (Wildman–Crippen MR) is 119 cm³/mol. The van der Waals surface area contributed by atoms with E-state index in [4.69, 9.17) is 9.47 Å². The second-order valence-electron chi connectivity index (χ2n) is 6.89. The summed E-state index contributed by atoms with van der Waals surface area (Å²) < 4.78 is 25.8. The Kier molecular flexibility index (Phi) is 7.15. The van der Waals surface area contributed by atoms with E-state index >= 15 is 0 Å². The zero-order valence-electron chi connectivity index (χ0n) is 16.9. The first-order chi connectivity index (χ1) is 14.0. The third-order valence-electron chi connectivity index (χ3n) is 4.71. The summed E-state index contributed by atoms with van der Waals surface area (Å²) >= 11 is 3.64. The molecule has 0 aromatic heterocycles. The number of halogens is 2. The van der Waals surface area contributed by atoms with Crippen molar-refractivity contribution in [1.82, 2.24) is 0 Å². The van der Waals surface area contributed by atoms with Crippen molar-refractivity contribution in [3.05, 3.63) is 87.1 Å². The van der Waals surface area contributed by atoms with Gasteiger partial charge in [-0.15, -0.1) is 0 Å². The van der Waals surface area contributed by atoms with Crippen molar-refractivity contribution in [2.24, 2.45) is 0 Å². The van der Waals surface area contributed by atoms with E-state index in [0.29, 0.717) is 31.3 Å². The van der Waals surface area contributed by atoms with Crippen molar-refractivity contribution in [1.29, 1.82) is 0 Å². The van der Waals surface area contributed by atoms with Crippen LogP contribution in [0.15, 0.2) is 59.1 Å². The predicted octanol–water partition coefficient (Wildman–Crippen LogP) is 6.79. The van der Waals surface area contributed by atoms with Gasteiger partial charge in [-0.05, 0) is 79.4 Å². The van der Waals surface area contributed by atoms with Crippen LogP contribution in [0.3, 0.4) is 0 Å². The Bertz CT molecular complexity index is 973. The van der Waals surface area contributed by atoms with Crippen LogP contribution in [0.5, 0.6) is 11.5 Å². The summed E-state index contributed by atoms with van der Waals surface area (Å²) in [5, 5.41) is 3.46. The van der Waals surface area contributed by atoms with Gasteiger partial charge >= 0.3 is 0 Å². The highest BCUT2D eigenvalue weighted by Crippen LogP contribution is 2.35. The number of anilines is 1. The standard InChI is InChI=1S/C24H25BrFNO2/c1-4-28-23-12-19(14-27-21-10-5-16(2)17(3)11-21)22(25)13-24(23)29-15-18-6-8-20(26)9-7-18/h5-13,27H,4,14-15H2,1-3H3. The van der Waals surface area contributed by atoms with E-state index in [0.717, 1.165) is 21.3 Å². The Balaban J connectivity index is 1.74. The van der Waals surface area contributed by atoms with Gasteiger partial charge in [-0.1, -0.05) is 34.1 Å². The third-order valence-corrected chi connectivity index (χ3v) is 5.45. The molecule has 3 nitrogen and oxygen atoms in total. The fourth-order valence-corrected chi connectivity index (χ4v) is 3.35. The molecule has 3 rings (SSSR count). The van der Waals surface area contributed by atoms with Gasteiger partial charge in [0.15, 0.2) is 11.5 Å². The summed E-state index contributed by atoms with van der Waals surface area (Å²) in [6.45, 7) is 7.69. The van der Waals surface area contributed by atoms with Crippen LogP contribution in [0.25, 0.3) is 0 Å². The van der Waals surface area contributed by atoms with E-state index in [1.807, 2.05) is 19.1 Å². The maximum Gasteiger partial charge on any atom is 0.162 e. The third kappa shape index (κ3) is 5.73. The Morgan fingerprint density at radius 1 is 0.897 bits per heavy atom. The van der Waals surface area contributed by atoms with E-state index in [-0.39, 0.29) is 5.82 Å². The molecule has 0 aliphatic heterocycles. The van der Waals surface area contributed by atoms with Crippen LogP contribution < -0.4 is 14.8 Å². The number of hydrogen-bond donors (Lipinski definition) is 1. The van der Waals surface area contributed by atoms with Gasteiger partial charge in [0.2, 0.25) is 0 Å². The van der Waals surface area contributed by atoms with Gasteiger partial charge < -0.3 is 14.8 Å². The zero-order valence-corrected chi connectivity index (χ0v) is 18.5. The smallest absolute Gasteiger partial charge is 0.162 e. The van der Waals surface area contributed by atoms with Gasteiger partial charge in [-0.25, -0.2) is 4.39 Å². The minimum absolute atomic E-state index is 0.257. The lowest BCUT2D eigenvalue weighted by Gasteiger charge is -2.16. The van der Waals surface area contributed by atoms with Crippen LogP contribution in [-0.4, -0.2) is 6.61 Å². The summed E-state index contributed by atoms with van der Waals surface area (Å²) in [6.07, 6.45) is 0. The molecule has 29 heavy (non-hydrogen) atoms. The van der Waals surface area contributed by atoms with Crippen molar-refractivity contribution in [3.8, 4) is 11.5 Å². The monoisotopic (exact) mass is 457 g/mol. The van der Waals surface area contributed by atoms with Crippen LogP contribution in [0.4, 0.5) is 10.1 Å². The van der Waals surface area contributed by atoms with E-state index in [1.165, 1.54) is 23.3 Å². The molecule has 3 aromatic carbocycles. The molecule has 0 saturated carbocycles. The van der Waals surface area contributed by atoms with Crippen molar-refractivity contribution >= 4 is 21.6 Å². The van der Waals surface area contributed by atoms with E-state index in [9.17, 15) is 4.39 Å². The number of benzene rings is 3. The fourth-order valence-electron chi connectivity index (χ4n) is 2.88. The van der Waals surface area contributed by atoms with Crippen LogP contribution in [-0.2, 0) is 13.2 Å². The Labute approximate surface area is 180 Å². The van der Waals surface area contributed by atoms with Crippen molar-refractivity contribution < 1.29 is 13.9 Å². The fraction of sp³-hybridized carbons (Fsp3) is 0.250. The lowest BCUT2D eigenvalue weighted by molar-refractivity contribution is 0.269. The maximum atomic E-state index is 13.1. The molecule has 0 atom stereocenters. The average Bonchev–Trinajstić information content (AvgIpc) is 2.70. The number of rotatable bonds is 8. The maximum absolute atomic E-state index is 13.1. The molecular weight excluding hydrogens is 433 g/mol. The Hall–Kier alpha value is -2.53. The first kappa shape index (κ1) is 21.2. The topological polar surface area (TPSA) is 30.5 Å². The van der Waals surface area contributed by atoms with Crippen molar-refractivity contribution in [2.45, 2.75) is 33.9 Å². The molecule has 0 bridgehead atoms. The largest absolute Gasteiger partial charge is 0.490 e. The molecule has 5 heteroatoms. The second-order valence-corrected chi connectivity index (χ2v) is 7.75. The molecule has 152 valence electrons. The lowest BCUT2D eigenvalue weighted by atomic mass is 10.1. The van der Waals surface area contributed by atoms with Crippen LogP contribution in [0.2, 0.25) is 0 Å². The highest BCUT2D eigenvalue weighted by Gasteiger charge is 2.12. The minimum Gasteiger partial charge on any atom is -0.490 e. The van der Waals surface area contributed by atoms with Crippen molar-refractivity contribution in [2.75, 3.05) is 11.9 Å². The molecular formula is C24H25BrFNO2. The molecule has 1 N–H and O–H groups in total. The normalized spacial score (nSPS) is 10.7. The van der Waals surface area contributed by atoms with E-state index in [1.54, 1.807) is 12.1 Å². The summed E-state index contributed by atoms with van der Waals surface area (Å²) in [5.74, 6) is 1.08. The summed E-state index contributed by atoms with van der Waals surface area (Å²) in [4.78, 5) is 0. The number of hydrogen-bond acceptors (Lipinski definition) is 3. The molecule has 0 aliphatic rings. The van der Waals surface area contributed by atoms with E-state index < -0.39 is 0 Å². The number of nitrogens with one attached hydrogen (secondary N) is 1. The SMILES string of the molecule is CCOc1cc(CNc2ccc(C)c(C)c2)c(Br)cc1OCc1ccc(F)cc1. The van der Waals surface area contributed by atoms with Gasteiger partial charge in [-0.3, -0.25) is 0 Å². The molecule has 0 amide bonds. The average molecular weight is 458 g/mol. The Morgan fingerprint density at radius 3 is 2.31 bits per heavy atom. The van der Waals surface area contributed by atoms with Crippen LogP contribution >= 0.6 is 15.9 Å².